The van der Waals surface area contributed by atoms with Crippen molar-refractivity contribution in [1.82, 2.24) is 4.90 Å². The molecule has 1 saturated heterocycles. The Kier molecular flexibility index (Phi) is 5.89. The lowest BCUT2D eigenvalue weighted by atomic mass is 10.2. The molecule has 1 N–H and O–H groups in total. The van der Waals surface area contributed by atoms with Gasteiger partial charge in [-0.15, -0.1) is 0 Å². The first-order valence-electron chi connectivity index (χ1n) is 7.44. The molecule has 0 radical (unpaired) electrons. The molecule has 0 unspecified atom stereocenters. The molecule has 1 aliphatic heterocycles. The minimum absolute atomic E-state index is 0.280. The summed E-state index contributed by atoms with van der Waals surface area (Å²) in [6.07, 6.45) is 5.41. The molecule has 3 nitrogen and oxygen atoms in total. The fourth-order valence-electron chi connectivity index (χ4n) is 2.55. The van der Waals surface area contributed by atoms with E-state index in [0.29, 0.717) is 13.0 Å². The van der Waals surface area contributed by atoms with E-state index in [1.165, 1.54) is 18.4 Å². The average Bonchev–Trinajstić information content (AvgIpc) is 2.70. The van der Waals surface area contributed by atoms with Crippen LogP contribution in [0.5, 0.6) is 0 Å². The largest absolute Gasteiger partial charge is 0.384 e. The molecule has 0 saturated carbocycles. The van der Waals surface area contributed by atoms with E-state index in [1.807, 2.05) is 4.90 Å². The Morgan fingerprint density at radius 3 is 2.60 bits per heavy atom. The van der Waals surface area contributed by atoms with Gasteiger partial charge in [0.1, 0.15) is 0 Å². The monoisotopic (exact) mass is 338 g/mol. The molecular weight excluding hydrogens is 316 g/mol. The Bertz CT molecular complexity index is 454. The number of likely N-dealkylation sites (tertiary alicyclic amines) is 1. The van der Waals surface area contributed by atoms with E-state index in [1.54, 1.807) is 0 Å². The number of hydrogen-bond acceptors (Lipinski definition) is 2. The summed E-state index contributed by atoms with van der Waals surface area (Å²) >= 11 is 3.54. The highest BCUT2D eigenvalue weighted by atomic mass is 79.9. The van der Waals surface area contributed by atoms with Gasteiger partial charge < -0.3 is 10.2 Å². The maximum absolute atomic E-state index is 12.2. The predicted octanol–water partition coefficient (Wildman–Crippen LogP) is 3.96. The summed E-state index contributed by atoms with van der Waals surface area (Å²) in [6.45, 7) is 4.63. The first-order valence-corrected chi connectivity index (χ1v) is 8.24. The van der Waals surface area contributed by atoms with Crippen molar-refractivity contribution in [1.29, 1.82) is 0 Å². The van der Waals surface area contributed by atoms with E-state index in [-0.39, 0.29) is 5.91 Å². The minimum Gasteiger partial charge on any atom is -0.384 e. The van der Waals surface area contributed by atoms with Crippen molar-refractivity contribution >= 4 is 27.5 Å². The smallest absolute Gasteiger partial charge is 0.224 e. The Morgan fingerprint density at radius 1 is 1.25 bits per heavy atom. The second kappa shape index (κ2) is 7.67. The van der Waals surface area contributed by atoms with Crippen molar-refractivity contribution < 1.29 is 4.79 Å². The Morgan fingerprint density at radius 2 is 1.95 bits per heavy atom. The third-order valence-corrected chi connectivity index (χ3v) is 4.39. The van der Waals surface area contributed by atoms with Crippen molar-refractivity contribution in [3.8, 4) is 0 Å². The number of carbonyl (C=O) groups is 1. The third-order valence-electron chi connectivity index (χ3n) is 3.74. The normalized spacial score (nSPS) is 15.8. The summed E-state index contributed by atoms with van der Waals surface area (Å²) in [6, 6.07) is 6.21. The summed E-state index contributed by atoms with van der Waals surface area (Å²) in [7, 11) is 0. The molecule has 0 bridgehead atoms. The van der Waals surface area contributed by atoms with E-state index < -0.39 is 0 Å². The van der Waals surface area contributed by atoms with Crippen LogP contribution in [0.1, 0.15) is 37.7 Å². The number of nitrogens with one attached hydrogen (secondary N) is 1. The number of rotatable bonds is 4. The SMILES string of the molecule is Cc1ccc(NCCC(=O)N2CCCCCC2)c(Br)c1. The van der Waals surface area contributed by atoms with Gasteiger partial charge in [-0.1, -0.05) is 18.9 Å². The zero-order valence-electron chi connectivity index (χ0n) is 12.1. The molecular formula is C16H23BrN2O. The third kappa shape index (κ3) is 4.51. The maximum atomic E-state index is 12.2. The second-order valence-electron chi connectivity index (χ2n) is 5.46. The highest BCUT2D eigenvalue weighted by Gasteiger charge is 2.14. The molecule has 1 aromatic rings. The molecule has 0 spiro atoms. The highest BCUT2D eigenvalue weighted by molar-refractivity contribution is 9.10. The Labute approximate surface area is 129 Å². The van der Waals surface area contributed by atoms with Gasteiger partial charge in [0.25, 0.3) is 0 Å². The van der Waals surface area contributed by atoms with Crippen LogP contribution in [0.3, 0.4) is 0 Å². The molecule has 20 heavy (non-hydrogen) atoms. The van der Waals surface area contributed by atoms with Crippen molar-refractivity contribution in [2.75, 3.05) is 25.0 Å². The van der Waals surface area contributed by atoms with Gasteiger partial charge >= 0.3 is 0 Å². The molecule has 0 atom stereocenters. The number of nitrogens with zero attached hydrogens (tertiary/aromatic N) is 1. The van der Waals surface area contributed by atoms with Crippen molar-refractivity contribution in [2.45, 2.75) is 39.0 Å². The molecule has 1 aromatic carbocycles. The van der Waals surface area contributed by atoms with E-state index >= 15 is 0 Å². The number of hydrogen-bond donors (Lipinski definition) is 1. The lowest BCUT2D eigenvalue weighted by Gasteiger charge is -2.20. The summed E-state index contributed by atoms with van der Waals surface area (Å²) < 4.78 is 1.06. The van der Waals surface area contributed by atoms with E-state index in [4.69, 9.17) is 0 Å². The zero-order chi connectivity index (χ0) is 14.4. The molecule has 2 rings (SSSR count). The molecule has 1 aliphatic rings. The zero-order valence-corrected chi connectivity index (χ0v) is 13.7. The average molecular weight is 339 g/mol. The van der Waals surface area contributed by atoms with Crippen LogP contribution >= 0.6 is 15.9 Å². The van der Waals surface area contributed by atoms with Crippen LogP contribution in [0.15, 0.2) is 22.7 Å². The molecule has 0 aliphatic carbocycles. The van der Waals surface area contributed by atoms with E-state index in [2.05, 4.69) is 46.4 Å². The predicted molar refractivity (Wildman–Crippen MR) is 87.0 cm³/mol. The van der Waals surface area contributed by atoms with Gasteiger partial charge in [-0.05, 0) is 53.4 Å². The van der Waals surface area contributed by atoms with Gasteiger partial charge in [-0.25, -0.2) is 0 Å². The molecule has 1 fully saturated rings. The van der Waals surface area contributed by atoms with Crippen LogP contribution in [-0.2, 0) is 4.79 Å². The number of amides is 1. The highest BCUT2D eigenvalue weighted by Crippen LogP contribution is 2.23. The first-order chi connectivity index (χ1) is 9.66. The van der Waals surface area contributed by atoms with Gasteiger partial charge in [0, 0.05) is 36.2 Å². The summed E-state index contributed by atoms with van der Waals surface area (Å²) in [4.78, 5) is 14.2. The molecule has 1 amide bonds. The van der Waals surface area contributed by atoms with Gasteiger partial charge in [-0.3, -0.25) is 4.79 Å². The van der Waals surface area contributed by atoms with Crippen molar-refractivity contribution in [3.05, 3.63) is 28.2 Å². The number of carbonyl (C=O) groups excluding carboxylic acids is 1. The number of aryl methyl sites for hydroxylation is 1. The van der Waals surface area contributed by atoms with Crippen LogP contribution in [0, 0.1) is 6.92 Å². The molecule has 4 heteroatoms. The number of anilines is 1. The van der Waals surface area contributed by atoms with Crippen LogP contribution in [-0.4, -0.2) is 30.4 Å². The fraction of sp³-hybridized carbons (Fsp3) is 0.562. The summed E-state index contributed by atoms with van der Waals surface area (Å²) in [5.74, 6) is 0.280. The van der Waals surface area contributed by atoms with Crippen molar-refractivity contribution in [3.63, 3.8) is 0 Å². The van der Waals surface area contributed by atoms with Crippen LogP contribution in [0.25, 0.3) is 0 Å². The summed E-state index contributed by atoms with van der Waals surface area (Å²) in [5, 5.41) is 3.33. The Hall–Kier alpha value is -1.03. The minimum atomic E-state index is 0.280. The first kappa shape index (κ1) is 15.4. The van der Waals surface area contributed by atoms with E-state index in [0.717, 1.165) is 36.1 Å². The summed E-state index contributed by atoms with van der Waals surface area (Å²) in [5.41, 5.74) is 2.28. The molecule has 1 heterocycles. The molecule has 0 aromatic heterocycles. The fourth-order valence-corrected chi connectivity index (χ4v) is 3.18. The second-order valence-corrected chi connectivity index (χ2v) is 6.31. The lowest BCUT2D eigenvalue weighted by Crippen LogP contribution is -2.32. The lowest BCUT2D eigenvalue weighted by molar-refractivity contribution is -0.130. The van der Waals surface area contributed by atoms with E-state index in [9.17, 15) is 4.79 Å². The van der Waals surface area contributed by atoms with Crippen LogP contribution in [0.2, 0.25) is 0 Å². The van der Waals surface area contributed by atoms with Crippen LogP contribution < -0.4 is 5.32 Å². The standard InChI is InChI=1S/C16H23BrN2O/c1-13-6-7-15(14(17)12-13)18-9-8-16(20)19-10-4-2-3-5-11-19/h6-7,12,18H,2-5,8-11H2,1H3. The van der Waals surface area contributed by atoms with Gasteiger partial charge in [0.15, 0.2) is 0 Å². The topological polar surface area (TPSA) is 32.3 Å². The maximum Gasteiger partial charge on any atom is 0.224 e. The van der Waals surface area contributed by atoms with Crippen molar-refractivity contribution in [2.24, 2.45) is 0 Å². The van der Waals surface area contributed by atoms with Gasteiger partial charge in [0.05, 0.1) is 0 Å². The quantitative estimate of drug-likeness (QED) is 0.900. The van der Waals surface area contributed by atoms with Crippen LogP contribution in [0.4, 0.5) is 5.69 Å². The van der Waals surface area contributed by atoms with Gasteiger partial charge in [-0.2, -0.15) is 0 Å². The number of halogens is 1. The Balaban J connectivity index is 1.78. The molecule has 110 valence electrons. The van der Waals surface area contributed by atoms with Gasteiger partial charge in [0.2, 0.25) is 5.91 Å². The number of benzene rings is 1.